The summed E-state index contributed by atoms with van der Waals surface area (Å²) in [7, 11) is 0. The van der Waals surface area contributed by atoms with Crippen LogP contribution in [0.2, 0.25) is 0 Å². The van der Waals surface area contributed by atoms with Gasteiger partial charge in [0.15, 0.2) is 11.7 Å². The molecule has 0 aliphatic carbocycles. The van der Waals surface area contributed by atoms with E-state index in [1.54, 1.807) is 17.5 Å². The van der Waals surface area contributed by atoms with Gasteiger partial charge in [-0.2, -0.15) is 0 Å². The van der Waals surface area contributed by atoms with Crippen LogP contribution in [0.25, 0.3) is 21.4 Å². The molecule has 1 amide bonds. The summed E-state index contributed by atoms with van der Waals surface area (Å²) in [5, 5.41) is 6.46. The van der Waals surface area contributed by atoms with Crippen LogP contribution < -0.4 is 5.32 Å². The largest absolute Gasteiger partial charge is 0.441 e. The fourth-order valence-electron chi connectivity index (χ4n) is 3.15. The van der Waals surface area contributed by atoms with Gasteiger partial charge in [-0.05, 0) is 35.7 Å². The monoisotopic (exact) mass is 390 g/mol. The average Bonchev–Trinajstić information content (AvgIpc) is 3.35. The van der Waals surface area contributed by atoms with E-state index >= 15 is 0 Å². The molecule has 4 aromatic rings. The maximum Gasteiger partial charge on any atom is 0.220 e. The molecule has 0 aliphatic rings. The number of nitrogens with one attached hydrogen (secondary N) is 1. The van der Waals surface area contributed by atoms with Crippen LogP contribution in [0.1, 0.15) is 23.4 Å². The Labute approximate surface area is 168 Å². The van der Waals surface area contributed by atoms with Crippen LogP contribution in [0.3, 0.4) is 0 Å². The number of oxazole rings is 1. The first-order chi connectivity index (χ1) is 13.7. The van der Waals surface area contributed by atoms with Crippen LogP contribution in [0.15, 0.2) is 64.5 Å². The van der Waals surface area contributed by atoms with E-state index in [2.05, 4.69) is 46.9 Å². The van der Waals surface area contributed by atoms with Crippen molar-refractivity contribution in [1.82, 2.24) is 10.3 Å². The second-order valence-corrected chi connectivity index (χ2v) is 7.75. The molecule has 0 unspecified atom stereocenters. The quantitative estimate of drug-likeness (QED) is 0.474. The number of benzene rings is 2. The highest BCUT2D eigenvalue weighted by Gasteiger charge is 2.09. The summed E-state index contributed by atoms with van der Waals surface area (Å²) in [5.74, 6) is 1.35. The van der Waals surface area contributed by atoms with Gasteiger partial charge in [0.25, 0.3) is 0 Å². The lowest BCUT2D eigenvalue weighted by Gasteiger charge is -2.04. The fraction of sp³-hybridized carbons (Fsp3) is 0.217. The number of aryl methyl sites for hydroxylation is 2. The van der Waals surface area contributed by atoms with Crippen molar-refractivity contribution >= 4 is 27.3 Å². The van der Waals surface area contributed by atoms with Crippen molar-refractivity contribution in [2.45, 2.75) is 26.2 Å². The van der Waals surface area contributed by atoms with Gasteiger partial charge in [0, 0.05) is 29.6 Å². The van der Waals surface area contributed by atoms with Crippen molar-refractivity contribution in [1.29, 1.82) is 0 Å². The highest BCUT2D eigenvalue weighted by Crippen LogP contribution is 2.25. The van der Waals surface area contributed by atoms with E-state index in [0.717, 1.165) is 17.7 Å². The van der Waals surface area contributed by atoms with Gasteiger partial charge < -0.3 is 9.73 Å². The first-order valence-electron chi connectivity index (χ1n) is 9.42. The number of carbonyl (C=O) groups excluding carboxylic acids is 1. The lowest BCUT2D eigenvalue weighted by atomic mass is 10.1. The Morgan fingerprint density at radius 3 is 2.79 bits per heavy atom. The molecule has 0 saturated heterocycles. The van der Waals surface area contributed by atoms with Gasteiger partial charge in [0.2, 0.25) is 5.91 Å². The van der Waals surface area contributed by atoms with Crippen LogP contribution >= 0.6 is 11.3 Å². The van der Waals surface area contributed by atoms with Crippen LogP contribution in [0.4, 0.5) is 0 Å². The van der Waals surface area contributed by atoms with E-state index in [9.17, 15) is 4.79 Å². The molecular formula is C23H22N2O2S. The minimum Gasteiger partial charge on any atom is -0.441 e. The van der Waals surface area contributed by atoms with Crippen LogP contribution in [-0.4, -0.2) is 17.4 Å². The minimum absolute atomic E-state index is 0.0228. The summed E-state index contributed by atoms with van der Waals surface area (Å²) in [5.41, 5.74) is 3.49. The SMILES string of the molecule is Cc1ccc(-c2cnc(CCC(=O)NCCc3csc4ccccc34)o2)cc1. The fourth-order valence-corrected chi connectivity index (χ4v) is 4.15. The molecule has 2 aromatic carbocycles. The molecule has 4 nitrogen and oxygen atoms in total. The van der Waals surface area contributed by atoms with Crippen LogP contribution in [0, 0.1) is 6.92 Å². The van der Waals surface area contributed by atoms with Gasteiger partial charge in [0.05, 0.1) is 6.20 Å². The van der Waals surface area contributed by atoms with Gasteiger partial charge in [-0.15, -0.1) is 11.3 Å². The van der Waals surface area contributed by atoms with Crippen molar-refractivity contribution in [2.24, 2.45) is 0 Å². The van der Waals surface area contributed by atoms with Crippen molar-refractivity contribution in [2.75, 3.05) is 6.54 Å². The van der Waals surface area contributed by atoms with E-state index in [-0.39, 0.29) is 5.91 Å². The van der Waals surface area contributed by atoms with Crippen molar-refractivity contribution < 1.29 is 9.21 Å². The lowest BCUT2D eigenvalue weighted by molar-refractivity contribution is -0.121. The zero-order chi connectivity index (χ0) is 19.3. The molecule has 0 fully saturated rings. The Morgan fingerprint density at radius 1 is 1.11 bits per heavy atom. The van der Waals surface area contributed by atoms with Crippen molar-refractivity contribution in [3.05, 3.63) is 77.1 Å². The zero-order valence-electron chi connectivity index (χ0n) is 15.8. The molecule has 0 atom stereocenters. The Kier molecular flexibility index (Phi) is 5.53. The maximum absolute atomic E-state index is 12.1. The predicted octanol–water partition coefficient (Wildman–Crippen LogP) is 5.16. The Balaban J connectivity index is 1.25. The van der Waals surface area contributed by atoms with E-state index in [1.165, 1.54) is 21.2 Å². The van der Waals surface area contributed by atoms with Gasteiger partial charge in [-0.3, -0.25) is 4.79 Å². The number of nitrogens with zero attached hydrogens (tertiary/aromatic N) is 1. The van der Waals surface area contributed by atoms with E-state index in [4.69, 9.17) is 4.42 Å². The summed E-state index contributed by atoms with van der Waals surface area (Å²) < 4.78 is 7.07. The Morgan fingerprint density at radius 2 is 1.93 bits per heavy atom. The Bertz CT molecular complexity index is 1080. The third kappa shape index (κ3) is 4.31. The number of carbonyl (C=O) groups is 1. The van der Waals surface area contributed by atoms with E-state index in [0.29, 0.717) is 25.3 Å². The summed E-state index contributed by atoms with van der Waals surface area (Å²) in [6.45, 7) is 2.69. The molecule has 0 saturated carbocycles. The van der Waals surface area contributed by atoms with E-state index in [1.807, 2.05) is 24.3 Å². The molecule has 5 heteroatoms. The summed E-state index contributed by atoms with van der Waals surface area (Å²) in [6.07, 6.45) is 3.43. The maximum atomic E-state index is 12.1. The smallest absolute Gasteiger partial charge is 0.220 e. The first-order valence-corrected chi connectivity index (χ1v) is 10.3. The predicted molar refractivity (Wildman–Crippen MR) is 114 cm³/mol. The molecule has 4 rings (SSSR count). The summed E-state index contributed by atoms with van der Waals surface area (Å²) in [4.78, 5) is 16.4. The number of hydrogen-bond acceptors (Lipinski definition) is 4. The highest BCUT2D eigenvalue weighted by atomic mass is 32.1. The first kappa shape index (κ1) is 18.4. The average molecular weight is 391 g/mol. The topological polar surface area (TPSA) is 55.1 Å². The minimum atomic E-state index is 0.0228. The van der Waals surface area contributed by atoms with Gasteiger partial charge >= 0.3 is 0 Å². The number of thiophene rings is 1. The van der Waals surface area contributed by atoms with Gasteiger partial charge in [0.1, 0.15) is 0 Å². The molecule has 0 aliphatic heterocycles. The van der Waals surface area contributed by atoms with E-state index < -0.39 is 0 Å². The summed E-state index contributed by atoms with van der Waals surface area (Å²) in [6, 6.07) is 16.5. The van der Waals surface area contributed by atoms with Gasteiger partial charge in [-0.25, -0.2) is 4.98 Å². The summed E-state index contributed by atoms with van der Waals surface area (Å²) >= 11 is 1.75. The number of rotatable bonds is 7. The van der Waals surface area contributed by atoms with Crippen LogP contribution in [-0.2, 0) is 17.6 Å². The molecular weight excluding hydrogens is 368 g/mol. The molecule has 2 heterocycles. The molecule has 1 N–H and O–H groups in total. The highest BCUT2D eigenvalue weighted by molar-refractivity contribution is 7.17. The Hall–Kier alpha value is -2.92. The molecule has 0 radical (unpaired) electrons. The molecule has 2 aromatic heterocycles. The third-order valence-electron chi connectivity index (χ3n) is 4.73. The van der Waals surface area contributed by atoms with Gasteiger partial charge in [-0.1, -0.05) is 48.0 Å². The number of amides is 1. The number of aromatic nitrogens is 1. The molecule has 0 spiro atoms. The third-order valence-corrected chi connectivity index (χ3v) is 5.75. The number of hydrogen-bond donors (Lipinski definition) is 1. The normalized spacial score (nSPS) is 11.0. The number of fused-ring (bicyclic) bond motifs is 1. The second-order valence-electron chi connectivity index (χ2n) is 6.84. The molecule has 142 valence electrons. The second kappa shape index (κ2) is 8.40. The zero-order valence-corrected chi connectivity index (χ0v) is 16.6. The van der Waals surface area contributed by atoms with Crippen molar-refractivity contribution in [3.63, 3.8) is 0 Å². The lowest BCUT2D eigenvalue weighted by Crippen LogP contribution is -2.25. The van der Waals surface area contributed by atoms with Crippen LogP contribution in [0.5, 0.6) is 0 Å². The standard InChI is InChI=1S/C23H22N2O2S/c1-16-6-8-17(9-7-16)20-14-25-23(27-20)11-10-22(26)24-13-12-18-15-28-21-5-3-2-4-19(18)21/h2-9,14-15H,10-13H2,1H3,(H,24,26). The molecule has 28 heavy (non-hydrogen) atoms. The molecule has 0 bridgehead atoms. The van der Waals surface area contributed by atoms with Crippen molar-refractivity contribution in [3.8, 4) is 11.3 Å².